The molecule has 118 valence electrons. The molecule has 2 atom stereocenters. The first-order chi connectivity index (χ1) is 10.6. The highest BCUT2D eigenvalue weighted by molar-refractivity contribution is 7.81. The summed E-state index contributed by atoms with van der Waals surface area (Å²) in [5, 5.41) is 0.565. The van der Waals surface area contributed by atoms with Crippen molar-refractivity contribution in [1.29, 1.82) is 0 Å². The number of likely N-dealkylation sites (tertiary alicyclic amines) is 1. The van der Waals surface area contributed by atoms with Gasteiger partial charge in [-0.25, -0.2) is 4.79 Å². The fraction of sp³-hybridized carbons (Fsp3) is 0.375. The molecule has 1 heterocycles. The third-order valence-corrected chi connectivity index (χ3v) is 4.33. The second kappa shape index (κ2) is 7.81. The van der Waals surface area contributed by atoms with Crippen molar-refractivity contribution < 1.29 is 14.3 Å². The van der Waals surface area contributed by atoms with Crippen molar-refractivity contribution in [3.05, 3.63) is 46.5 Å². The molecule has 1 aliphatic heterocycles. The number of rotatable bonds is 4. The molecule has 1 aromatic carbocycles. The number of hydrogen-bond acceptors (Lipinski definition) is 5. The molecule has 1 saturated heterocycles. The second-order valence-electron chi connectivity index (χ2n) is 5.20. The third kappa shape index (κ3) is 3.91. The lowest BCUT2D eigenvalue weighted by Crippen LogP contribution is -2.43. The Balaban J connectivity index is 2.37. The predicted octanol–water partition coefficient (Wildman–Crippen LogP) is 2.68. The van der Waals surface area contributed by atoms with E-state index >= 15 is 0 Å². The number of esters is 1. The minimum atomic E-state index is -0.608. The van der Waals surface area contributed by atoms with Crippen LogP contribution in [0.1, 0.15) is 18.0 Å². The highest BCUT2D eigenvalue weighted by Crippen LogP contribution is 2.32. The van der Waals surface area contributed by atoms with Crippen molar-refractivity contribution in [2.75, 3.05) is 20.2 Å². The maximum absolute atomic E-state index is 12.3. The summed E-state index contributed by atoms with van der Waals surface area (Å²) in [7, 11) is 1.36. The van der Waals surface area contributed by atoms with Crippen molar-refractivity contribution in [2.24, 2.45) is 0 Å². The highest BCUT2D eigenvalue weighted by Gasteiger charge is 2.34. The number of carbonyl (C=O) groups excluding carboxylic acids is 2. The molecule has 1 aliphatic rings. The maximum Gasteiger partial charge on any atom is 0.327 e. The molecular weight excluding hydrogens is 322 g/mol. The first-order valence-corrected chi connectivity index (χ1v) is 7.83. The number of allylic oxidation sites excluding steroid dienone is 1. The van der Waals surface area contributed by atoms with E-state index in [-0.39, 0.29) is 11.2 Å². The normalized spacial score (nSPS) is 22.3. The van der Waals surface area contributed by atoms with E-state index in [1.54, 1.807) is 6.07 Å². The van der Waals surface area contributed by atoms with Gasteiger partial charge in [-0.05, 0) is 24.1 Å². The lowest BCUT2D eigenvalue weighted by molar-refractivity contribution is -0.147. The van der Waals surface area contributed by atoms with Crippen LogP contribution < -0.4 is 0 Å². The van der Waals surface area contributed by atoms with Gasteiger partial charge >= 0.3 is 5.97 Å². The summed E-state index contributed by atoms with van der Waals surface area (Å²) in [6.07, 6.45) is 3.03. The molecule has 6 heteroatoms. The van der Waals surface area contributed by atoms with Gasteiger partial charge in [0.25, 0.3) is 0 Å². The first-order valence-electron chi connectivity index (χ1n) is 6.94. The minimum absolute atomic E-state index is 0.0505. The van der Waals surface area contributed by atoms with E-state index in [1.165, 1.54) is 13.2 Å². The van der Waals surface area contributed by atoms with Gasteiger partial charge in [0.2, 0.25) is 0 Å². The van der Waals surface area contributed by atoms with Gasteiger partial charge in [-0.1, -0.05) is 35.4 Å². The predicted molar refractivity (Wildman–Crippen MR) is 89.3 cm³/mol. The fourth-order valence-electron chi connectivity index (χ4n) is 2.72. The molecule has 2 unspecified atom stereocenters. The Morgan fingerprint density at radius 2 is 2.23 bits per heavy atom. The topological polar surface area (TPSA) is 46.6 Å². The number of nitrogens with zero attached hydrogens (tertiary/aromatic N) is 1. The summed E-state index contributed by atoms with van der Waals surface area (Å²) >= 11 is 10.8. The number of carbonyl (C=O) groups is 2. The first kappa shape index (κ1) is 17.1. The number of aldehydes is 1. The van der Waals surface area contributed by atoms with Gasteiger partial charge in [-0.3, -0.25) is 9.69 Å². The van der Waals surface area contributed by atoms with E-state index < -0.39 is 6.04 Å². The van der Waals surface area contributed by atoms with Crippen LogP contribution in [-0.2, 0) is 14.3 Å². The van der Waals surface area contributed by atoms with Gasteiger partial charge in [0.15, 0.2) is 0 Å². The standard InChI is InChI=1S/C16H18ClNO3S/c1-21-16(20)15(13-4-2-3-5-14(13)17)18-9-11(6-7-19)8-12(22)10-18/h2-7,12,15,22H,8-10H2,1H3. The summed E-state index contributed by atoms with van der Waals surface area (Å²) < 4.78 is 4.95. The summed E-state index contributed by atoms with van der Waals surface area (Å²) in [6.45, 7) is 1.13. The van der Waals surface area contributed by atoms with Crippen LogP contribution in [-0.4, -0.2) is 42.6 Å². The second-order valence-corrected chi connectivity index (χ2v) is 6.33. The molecule has 0 amide bonds. The van der Waals surface area contributed by atoms with Gasteiger partial charge in [-0.15, -0.1) is 0 Å². The average molecular weight is 340 g/mol. The van der Waals surface area contributed by atoms with Crippen molar-refractivity contribution in [2.45, 2.75) is 17.7 Å². The van der Waals surface area contributed by atoms with E-state index in [4.69, 9.17) is 16.3 Å². The molecule has 0 aromatic heterocycles. The average Bonchev–Trinajstić information content (AvgIpc) is 2.49. The molecule has 0 saturated carbocycles. The quantitative estimate of drug-likeness (QED) is 0.396. The fourth-order valence-corrected chi connectivity index (χ4v) is 3.41. The molecule has 2 rings (SSSR count). The van der Waals surface area contributed by atoms with Gasteiger partial charge in [0.1, 0.15) is 12.3 Å². The number of ether oxygens (including phenoxy) is 1. The summed E-state index contributed by atoms with van der Waals surface area (Å²) in [5.74, 6) is -0.374. The van der Waals surface area contributed by atoms with Crippen molar-refractivity contribution in [1.82, 2.24) is 4.90 Å². The lowest BCUT2D eigenvalue weighted by atomic mass is 9.98. The Labute approximate surface area is 140 Å². The number of methoxy groups -OCH3 is 1. The number of thiol groups is 1. The van der Waals surface area contributed by atoms with Gasteiger partial charge in [0, 0.05) is 23.4 Å². The molecule has 1 fully saturated rings. The Bertz CT molecular complexity index is 591. The summed E-state index contributed by atoms with van der Waals surface area (Å²) in [6, 6.07) is 6.60. The Morgan fingerprint density at radius 3 is 2.86 bits per heavy atom. The van der Waals surface area contributed by atoms with Crippen molar-refractivity contribution >= 4 is 36.5 Å². The molecule has 22 heavy (non-hydrogen) atoms. The Kier molecular flexibility index (Phi) is 6.06. The van der Waals surface area contributed by atoms with Crippen LogP contribution >= 0.6 is 24.2 Å². The van der Waals surface area contributed by atoms with Crippen LogP contribution in [0.25, 0.3) is 0 Å². The number of hydrogen-bond donors (Lipinski definition) is 1. The summed E-state index contributed by atoms with van der Waals surface area (Å²) in [5.41, 5.74) is 1.64. The van der Waals surface area contributed by atoms with E-state index in [2.05, 4.69) is 12.6 Å². The largest absolute Gasteiger partial charge is 0.468 e. The van der Waals surface area contributed by atoms with Crippen molar-refractivity contribution in [3.8, 4) is 0 Å². The molecule has 0 aliphatic carbocycles. The van der Waals surface area contributed by atoms with Crippen molar-refractivity contribution in [3.63, 3.8) is 0 Å². The van der Waals surface area contributed by atoms with Crippen LogP contribution in [0.3, 0.4) is 0 Å². The van der Waals surface area contributed by atoms with Crippen LogP contribution in [0.4, 0.5) is 0 Å². The van der Waals surface area contributed by atoms with Crippen LogP contribution in [0.2, 0.25) is 5.02 Å². The van der Waals surface area contributed by atoms with Gasteiger partial charge < -0.3 is 4.74 Å². The lowest BCUT2D eigenvalue weighted by Gasteiger charge is -2.37. The minimum Gasteiger partial charge on any atom is -0.468 e. The molecule has 0 bridgehead atoms. The van der Waals surface area contributed by atoms with E-state index in [1.807, 2.05) is 23.1 Å². The zero-order valence-electron chi connectivity index (χ0n) is 12.2. The maximum atomic E-state index is 12.3. The highest BCUT2D eigenvalue weighted by atomic mass is 35.5. The van der Waals surface area contributed by atoms with Gasteiger partial charge in [-0.2, -0.15) is 12.6 Å². The molecule has 4 nitrogen and oxygen atoms in total. The SMILES string of the molecule is COC(=O)C(c1ccccc1Cl)N1CC(=CC=O)CC(S)C1. The zero-order valence-corrected chi connectivity index (χ0v) is 13.9. The number of benzene rings is 1. The van der Waals surface area contributed by atoms with E-state index in [9.17, 15) is 9.59 Å². The molecule has 0 N–H and O–H groups in total. The summed E-state index contributed by atoms with van der Waals surface area (Å²) in [4.78, 5) is 25.0. The molecule has 0 radical (unpaired) electrons. The van der Waals surface area contributed by atoms with Gasteiger partial charge in [0.05, 0.1) is 7.11 Å². The number of halogens is 1. The molecular formula is C16H18ClNO3S. The Hall–Kier alpha value is -1.30. The number of piperidine rings is 1. The Morgan fingerprint density at radius 1 is 1.50 bits per heavy atom. The third-order valence-electron chi connectivity index (χ3n) is 3.64. The van der Waals surface area contributed by atoms with E-state index in [0.29, 0.717) is 23.7 Å². The van der Waals surface area contributed by atoms with Crippen LogP contribution in [0, 0.1) is 0 Å². The smallest absolute Gasteiger partial charge is 0.327 e. The molecule has 1 aromatic rings. The molecule has 0 spiro atoms. The van der Waals surface area contributed by atoms with Crippen LogP contribution in [0.5, 0.6) is 0 Å². The van der Waals surface area contributed by atoms with Crippen LogP contribution in [0.15, 0.2) is 35.9 Å². The monoisotopic (exact) mass is 339 g/mol. The zero-order chi connectivity index (χ0) is 16.1. The van der Waals surface area contributed by atoms with E-state index in [0.717, 1.165) is 18.3 Å².